The molecule has 0 aliphatic carbocycles. The molecule has 51 heavy (non-hydrogen) atoms. The van der Waals surface area contributed by atoms with Crippen molar-refractivity contribution in [1.82, 2.24) is 0 Å². The third-order valence-corrected chi connectivity index (χ3v) is 8.64. The molecule has 0 amide bonds. The van der Waals surface area contributed by atoms with Gasteiger partial charge in [-0.1, -0.05) is 157 Å². The Morgan fingerprint density at radius 3 is 1.51 bits per heavy atom. The molecule has 11 rings (SSSR count). The minimum atomic E-state index is -1.14. The van der Waals surface area contributed by atoms with Gasteiger partial charge >= 0.3 is 0 Å². The van der Waals surface area contributed by atoms with Crippen LogP contribution in [0, 0.1) is 0 Å². The molecule has 0 radical (unpaired) electrons. The zero-order valence-corrected chi connectivity index (χ0v) is 25.4. The van der Waals surface area contributed by atoms with Crippen LogP contribution < -0.4 is 0 Å². The van der Waals surface area contributed by atoms with Crippen molar-refractivity contribution in [2.45, 2.75) is 0 Å². The first kappa shape index (κ1) is 11.7. The summed E-state index contributed by atoms with van der Waals surface area (Å²) in [5.41, 5.74) is -6.32. The van der Waals surface area contributed by atoms with Crippen LogP contribution in [0.3, 0.4) is 0 Å². The lowest BCUT2D eigenvalue weighted by Gasteiger charge is -2.20. The average molecular weight is 677 g/mol. The van der Waals surface area contributed by atoms with Crippen LogP contribution >= 0.6 is 0 Å². The lowest BCUT2D eigenvalue weighted by molar-refractivity contribution is 0.669. The molecule has 0 bridgehead atoms. The normalized spacial score (nSPS) is 20.2. The lowest BCUT2D eigenvalue weighted by Crippen LogP contribution is -1.93. The predicted octanol–water partition coefficient (Wildman–Crippen LogP) is 14.4. The number of benzene rings is 10. The summed E-state index contributed by atoms with van der Waals surface area (Å²) in [6.45, 7) is 0. The highest BCUT2D eigenvalue weighted by atomic mass is 16.3. The van der Waals surface area contributed by atoms with E-state index in [1.807, 2.05) is 0 Å². The standard InChI is InChI=1S/C50H30O/c1-4-17-35-31(13-1)16-11-24-38(35)48-41-22-9-7-20-39(41)47(40-21-8-10-23-42(40)48)34-29-33-15-3-5-18-36(33)44(30-34)43-25-12-26-45-50(43)49-37-19-6-2-14-32(37)27-28-46(49)51-45/h1-30H/i1D,2D,3D,4D,5D,6D,7D,8D,9D,10D,11D,12D,13D,14D,15D,16D,17D,18D,19D,20D,21D,22D,23D,24D,25D,26D,27D,28D,29D,30D. The molecule has 10 aromatic carbocycles. The van der Waals surface area contributed by atoms with Crippen LogP contribution in [0.15, 0.2) is 186 Å². The Morgan fingerprint density at radius 1 is 0.314 bits per heavy atom. The van der Waals surface area contributed by atoms with Gasteiger partial charge in [-0.3, -0.25) is 0 Å². The van der Waals surface area contributed by atoms with Gasteiger partial charge in [-0.15, -0.1) is 0 Å². The predicted molar refractivity (Wildman–Crippen MR) is 218 cm³/mol. The van der Waals surface area contributed by atoms with E-state index in [1.54, 1.807) is 0 Å². The van der Waals surface area contributed by atoms with E-state index < -0.39 is 290 Å². The Hall–Kier alpha value is -6.70. The van der Waals surface area contributed by atoms with Crippen LogP contribution in [-0.4, -0.2) is 0 Å². The van der Waals surface area contributed by atoms with Crippen LogP contribution in [0.2, 0.25) is 0 Å². The summed E-state index contributed by atoms with van der Waals surface area (Å²) in [7, 11) is 0. The van der Waals surface area contributed by atoms with Crippen molar-refractivity contribution in [3.05, 3.63) is 181 Å². The molecular formula is C50H30O. The molecule has 0 saturated carbocycles. The van der Waals surface area contributed by atoms with E-state index in [4.69, 9.17) is 31.8 Å². The molecule has 1 heteroatoms. The van der Waals surface area contributed by atoms with Crippen LogP contribution in [0.4, 0.5) is 0 Å². The Balaban J connectivity index is 1.52. The summed E-state index contributed by atoms with van der Waals surface area (Å²) < 4.78 is 281. The molecule has 0 N–H and O–H groups in total. The molecule has 236 valence electrons. The summed E-state index contributed by atoms with van der Waals surface area (Å²) >= 11 is 0. The van der Waals surface area contributed by atoms with Crippen LogP contribution in [0.25, 0.3) is 109 Å². The van der Waals surface area contributed by atoms with Gasteiger partial charge in [-0.2, -0.15) is 0 Å². The Kier molecular flexibility index (Phi) is 2.50. The van der Waals surface area contributed by atoms with Crippen molar-refractivity contribution in [2.24, 2.45) is 0 Å². The van der Waals surface area contributed by atoms with Gasteiger partial charge in [0.1, 0.15) is 11.2 Å². The summed E-state index contributed by atoms with van der Waals surface area (Å²) in [5.74, 6) is 0. The van der Waals surface area contributed by atoms with Gasteiger partial charge in [0.25, 0.3) is 0 Å². The van der Waals surface area contributed by atoms with Gasteiger partial charge in [0.2, 0.25) is 0 Å². The lowest BCUT2D eigenvalue weighted by atomic mass is 9.83. The number of fused-ring (bicyclic) bond motifs is 9. The molecule has 0 spiro atoms. The summed E-state index contributed by atoms with van der Waals surface area (Å²) in [5, 5.41) is -8.41. The molecule has 0 atom stereocenters. The number of hydrogen-bond donors (Lipinski definition) is 0. The molecule has 0 aliphatic rings. The van der Waals surface area contributed by atoms with Crippen molar-refractivity contribution in [2.75, 3.05) is 0 Å². The first-order chi connectivity index (χ1) is 37.8. The van der Waals surface area contributed by atoms with Gasteiger partial charge in [0, 0.05) is 10.8 Å². The van der Waals surface area contributed by atoms with E-state index in [0.717, 1.165) is 0 Å². The first-order valence-electron chi connectivity index (χ1n) is 30.2. The Labute approximate surface area is 336 Å². The van der Waals surface area contributed by atoms with Crippen molar-refractivity contribution < 1.29 is 45.5 Å². The second kappa shape index (κ2) is 10.9. The first-order valence-corrected chi connectivity index (χ1v) is 15.2. The van der Waals surface area contributed by atoms with E-state index in [2.05, 4.69) is 0 Å². The maximum Gasteiger partial charge on any atom is 0.136 e. The van der Waals surface area contributed by atoms with E-state index >= 15 is 0 Å². The fourth-order valence-corrected chi connectivity index (χ4v) is 6.57. The second-order valence-electron chi connectivity index (χ2n) is 11.3. The summed E-state index contributed by atoms with van der Waals surface area (Å²) in [4.78, 5) is 0. The number of furan rings is 1. The smallest absolute Gasteiger partial charge is 0.136 e. The number of hydrogen-bond acceptors (Lipinski definition) is 1. The molecule has 1 aromatic heterocycles. The molecule has 11 aromatic rings. The molecule has 0 unspecified atom stereocenters. The molecule has 1 heterocycles. The summed E-state index contributed by atoms with van der Waals surface area (Å²) in [6.07, 6.45) is 0. The molecule has 0 fully saturated rings. The minimum Gasteiger partial charge on any atom is -0.456 e. The van der Waals surface area contributed by atoms with Crippen molar-refractivity contribution in [3.63, 3.8) is 0 Å². The van der Waals surface area contributed by atoms with Gasteiger partial charge in [-0.05, 0) is 111 Å². The van der Waals surface area contributed by atoms with Crippen LogP contribution in [-0.2, 0) is 0 Å². The van der Waals surface area contributed by atoms with Gasteiger partial charge in [0.05, 0.1) is 41.1 Å². The number of rotatable bonds is 3. The van der Waals surface area contributed by atoms with E-state index in [9.17, 15) is 13.7 Å². The maximum absolute atomic E-state index is 10.4. The van der Waals surface area contributed by atoms with Crippen LogP contribution in [0.1, 0.15) is 41.1 Å². The zero-order valence-electron chi connectivity index (χ0n) is 55.4. The zero-order chi connectivity index (χ0) is 59.6. The Bertz CT molecular complexity index is 4840. The van der Waals surface area contributed by atoms with Gasteiger partial charge < -0.3 is 4.42 Å². The van der Waals surface area contributed by atoms with E-state index in [0.29, 0.717) is 0 Å². The maximum atomic E-state index is 10.4. The van der Waals surface area contributed by atoms with Gasteiger partial charge in [0.15, 0.2) is 0 Å². The highest BCUT2D eigenvalue weighted by Crippen LogP contribution is 2.48. The Morgan fingerprint density at radius 2 is 0.804 bits per heavy atom. The van der Waals surface area contributed by atoms with Crippen molar-refractivity contribution in [1.29, 1.82) is 0 Å². The fraction of sp³-hybridized carbons (Fsp3) is 0. The topological polar surface area (TPSA) is 13.1 Å². The highest BCUT2D eigenvalue weighted by molar-refractivity contribution is 6.26. The summed E-state index contributed by atoms with van der Waals surface area (Å²) in [6, 6.07) is -29.2. The van der Waals surface area contributed by atoms with E-state index in [-0.39, 0.29) is 0 Å². The second-order valence-corrected chi connectivity index (χ2v) is 11.3. The molecule has 1 nitrogen and oxygen atoms in total. The highest BCUT2D eigenvalue weighted by Gasteiger charge is 2.21. The molecule has 0 saturated heterocycles. The third-order valence-electron chi connectivity index (χ3n) is 8.64. The van der Waals surface area contributed by atoms with E-state index in [1.165, 1.54) is 0 Å². The molecule has 0 aliphatic heterocycles. The molecular weight excluding hydrogens is 617 g/mol. The largest absolute Gasteiger partial charge is 0.456 e. The van der Waals surface area contributed by atoms with Crippen LogP contribution in [0.5, 0.6) is 0 Å². The van der Waals surface area contributed by atoms with Gasteiger partial charge in [-0.25, -0.2) is 0 Å². The quantitative estimate of drug-likeness (QED) is 0.170. The van der Waals surface area contributed by atoms with Crippen molar-refractivity contribution in [3.8, 4) is 33.4 Å². The minimum absolute atomic E-state index is 0.498. The average Bonchev–Trinajstić information content (AvgIpc) is 4.09. The monoisotopic (exact) mass is 676 g/mol. The fourth-order valence-electron chi connectivity index (χ4n) is 6.57. The SMILES string of the molecule is [2H]c1c([2H])c(-c2c([2H])c(-c3c4c([2H])c([2H])c([2H])c([2H])c4c(-c4c([2H])c([2H])c([2H])c5c([2H])c([2H])c([2H])c([2H])c45)c4c([2H])c([2H])c([2H])c([2H])c34)c([2H])c3c([2H])c([2H])c([2H])c([2H])c23)c2c(oc3c([2H])c([2H])c4c([2H])c([2H])c([2H])c([2H])c4c32)c1[2H]. The third kappa shape index (κ3) is 4.16. The van der Waals surface area contributed by atoms with Crippen molar-refractivity contribution >= 4 is 75.8 Å².